The summed E-state index contributed by atoms with van der Waals surface area (Å²) in [5.74, 6) is 0.246. The summed E-state index contributed by atoms with van der Waals surface area (Å²) < 4.78 is 18.4. The Morgan fingerprint density at radius 1 is 1.17 bits per heavy atom. The Morgan fingerprint density at radius 2 is 1.88 bits per heavy atom. The molecule has 2 atom stereocenters. The highest BCUT2D eigenvalue weighted by molar-refractivity contribution is 5.70. The lowest BCUT2D eigenvalue weighted by Gasteiger charge is -2.37. The molecule has 0 saturated carbocycles. The molecule has 2 aromatic rings. The van der Waals surface area contributed by atoms with Gasteiger partial charge in [0.05, 0.1) is 0 Å². The fraction of sp³-hybridized carbons (Fsp3) is 0.316. The van der Waals surface area contributed by atoms with E-state index in [4.69, 9.17) is 4.74 Å². The number of para-hydroxylation sites is 1. The number of ether oxygens (including phenoxy) is 1. The van der Waals surface area contributed by atoms with Gasteiger partial charge in [-0.2, -0.15) is 0 Å². The zero-order valence-electron chi connectivity index (χ0n) is 13.3. The van der Waals surface area contributed by atoms with Crippen LogP contribution in [0.5, 0.6) is 5.75 Å². The smallest absolute Gasteiger partial charge is 0.410 e. The molecular weight excluding hydrogens is 309 g/mol. The monoisotopic (exact) mass is 329 g/mol. The SMILES string of the molecule is O=C(Oc1ccccc1)N1CCC(c2ccc(F)cc2)C(CO)C1. The summed E-state index contributed by atoms with van der Waals surface area (Å²) in [4.78, 5) is 13.9. The van der Waals surface area contributed by atoms with Crippen LogP contribution in [0, 0.1) is 11.7 Å². The number of amides is 1. The largest absolute Gasteiger partial charge is 0.415 e. The number of hydrogen-bond donors (Lipinski definition) is 1. The van der Waals surface area contributed by atoms with E-state index in [-0.39, 0.29) is 24.3 Å². The third-order valence-corrected chi connectivity index (χ3v) is 4.47. The molecule has 1 amide bonds. The molecule has 1 N–H and O–H groups in total. The van der Waals surface area contributed by atoms with Gasteiger partial charge in [-0.3, -0.25) is 0 Å². The van der Waals surface area contributed by atoms with Gasteiger partial charge in [-0.1, -0.05) is 30.3 Å². The summed E-state index contributed by atoms with van der Waals surface area (Å²) in [5, 5.41) is 9.71. The van der Waals surface area contributed by atoms with Crippen LogP contribution in [0.1, 0.15) is 17.9 Å². The maximum Gasteiger partial charge on any atom is 0.415 e. The first-order valence-electron chi connectivity index (χ1n) is 8.05. The molecular formula is C19H20FNO3. The van der Waals surface area contributed by atoms with Crippen molar-refractivity contribution in [1.82, 2.24) is 4.90 Å². The van der Waals surface area contributed by atoms with Crippen molar-refractivity contribution < 1.29 is 19.0 Å². The molecule has 1 heterocycles. The normalized spacial score (nSPS) is 20.7. The number of aliphatic hydroxyl groups is 1. The lowest BCUT2D eigenvalue weighted by Crippen LogP contribution is -2.45. The highest BCUT2D eigenvalue weighted by Crippen LogP contribution is 2.33. The number of hydrogen-bond acceptors (Lipinski definition) is 3. The van der Waals surface area contributed by atoms with E-state index in [0.29, 0.717) is 25.3 Å². The van der Waals surface area contributed by atoms with Gasteiger partial charge < -0.3 is 14.7 Å². The van der Waals surface area contributed by atoms with Crippen molar-refractivity contribution in [2.45, 2.75) is 12.3 Å². The predicted octanol–water partition coefficient (Wildman–Crippen LogP) is 3.42. The standard InChI is InChI=1S/C19H20FNO3/c20-16-8-6-14(7-9-16)18-10-11-21(12-15(18)13-22)19(23)24-17-4-2-1-3-5-17/h1-9,15,18,22H,10-13H2. The summed E-state index contributed by atoms with van der Waals surface area (Å²) in [6.07, 6.45) is 0.304. The second-order valence-corrected chi connectivity index (χ2v) is 6.02. The molecule has 3 rings (SSSR count). The topological polar surface area (TPSA) is 49.8 Å². The molecule has 2 unspecified atom stereocenters. The molecule has 0 bridgehead atoms. The lowest BCUT2D eigenvalue weighted by molar-refractivity contribution is 0.0927. The Labute approximate surface area is 140 Å². The van der Waals surface area contributed by atoms with E-state index < -0.39 is 6.09 Å². The minimum atomic E-state index is -0.405. The van der Waals surface area contributed by atoms with Crippen molar-refractivity contribution in [2.75, 3.05) is 19.7 Å². The van der Waals surface area contributed by atoms with E-state index in [0.717, 1.165) is 5.56 Å². The lowest BCUT2D eigenvalue weighted by atomic mass is 9.81. The number of piperidine rings is 1. The minimum Gasteiger partial charge on any atom is -0.410 e. The van der Waals surface area contributed by atoms with Gasteiger partial charge in [-0.05, 0) is 42.2 Å². The van der Waals surface area contributed by atoms with Gasteiger partial charge in [-0.25, -0.2) is 9.18 Å². The number of carbonyl (C=O) groups excluding carboxylic acids is 1. The number of rotatable bonds is 3. The summed E-state index contributed by atoms with van der Waals surface area (Å²) in [6.45, 7) is 0.936. The highest BCUT2D eigenvalue weighted by Gasteiger charge is 2.32. The Balaban J connectivity index is 1.66. The minimum absolute atomic E-state index is 0.0306. The van der Waals surface area contributed by atoms with Crippen molar-refractivity contribution in [1.29, 1.82) is 0 Å². The van der Waals surface area contributed by atoms with Crippen LogP contribution in [-0.2, 0) is 0 Å². The second-order valence-electron chi connectivity index (χ2n) is 6.02. The van der Waals surface area contributed by atoms with E-state index in [9.17, 15) is 14.3 Å². The van der Waals surface area contributed by atoms with Crippen molar-refractivity contribution >= 4 is 6.09 Å². The Morgan fingerprint density at radius 3 is 2.54 bits per heavy atom. The predicted molar refractivity (Wildman–Crippen MR) is 88.4 cm³/mol. The van der Waals surface area contributed by atoms with E-state index in [2.05, 4.69) is 0 Å². The summed E-state index contributed by atoms with van der Waals surface area (Å²) >= 11 is 0. The molecule has 126 valence electrons. The summed E-state index contributed by atoms with van der Waals surface area (Å²) in [5.41, 5.74) is 0.992. The Bertz CT molecular complexity index is 675. The molecule has 1 fully saturated rings. The van der Waals surface area contributed by atoms with Gasteiger partial charge in [0, 0.05) is 25.6 Å². The van der Waals surface area contributed by atoms with Crippen LogP contribution in [-0.4, -0.2) is 35.8 Å². The van der Waals surface area contributed by atoms with Crippen molar-refractivity contribution in [3.05, 3.63) is 66.0 Å². The first kappa shape index (κ1) is 16.5. The average Bonchev–Trinajstić information content (AvgIpc) is 2.62. The quantitative estimate of drug-likeness (QED) is 0.939. The molecule has 0 aliphatic carbocycles. The van der Waals surface area contributed by atoms with Gasteiger partial charge in [0.15, 0.2) is 0 Å². The van der Waals surface area contributed by atoms with Crippen LogP contribution < -0.4 is 4.74 Å². The van der Waals surface area contributed by atoms with Crippen LogP contribution in [0.2, 0.25) is 0 Å². The summed E-state index contributed by atoms with van der Waals surface area (Å²) in [6, 6.07) is 15.3. The van der Waals surface area contributed by atoms with E-state index in [1.165, 1.54) is 12.1 Å². The highest BCUT2D eigenvalue weighted by atomic mass is 19.1. The molecule has 0 spiro atoms. The Kier molecular flexibility index (Phi) is 5.11. The van der Waals surface area contributed by atoms with Gasteiger partial charge in [0.2, 0.25) is 0 Å². The Hall–Kier alpha value is -2.40. The molecule has 0 radical (unpaired) electrons. The average molecular weight is 329 g/mol. The number of halogens is 1. The molecule has 2 aromatic carbocycles. The fourth-order valence-corrected chi connectivity index (χ4v) is 3.19. The molecule has 1 saturated heterocycles. The summed E-state index contributed by atoms with van der Waals surface area (Å²) in [7, 11) is 0. The van der Waals surface area contributed by atoms with Crippen molar-refractivity contribution in [3.8, 4) is 5.75 Å². The van der Waals surface area contributed by atoms with Gasteiger partial charge >= 0.3 is 6.09 Å². The number of nitrogens with zero attached hydrogens (tertiary/aromatic N) is 1. The van der Waals surface area contributed by atoms with E-state index >= 15 is 0 Å². The van der Waals surface area contributed by atoms with Crippen LogP contribution >= 0.6 is 0 Å². The van der Waals surface area contributed by atoms with Crippen LogP contribution in [0.15, 0.2) is 54.6 Å². The molecule has 1 aliphatic heterocycles. The van der Waals surface area contributed by atoms with Gasteiger partial charge in [0.1, 0.15) is 11.6 Å². The van der Waals surface area contributed by atoms with Crippen LogP contribution in [0.4, 0.5) is 9.18 Å². The van der Waals surface area contributed by atoms with E-state index in [1.807, 2.05) is 6.07 Å². The number of carbonyl (C=O) groups is 1. The third-order valence-electron chi connectivity index (χ3n) is 4.47. The third kappa shape index (κ3) is 3.74. The number of aliphatic hydroxyl groups excluding tert-OH is 1. The van der Waals surface area contributed by atoms with Crippen LogP contribution in [0.25, 0.3) is 0 Å². The van der Waals surface area contributed by atoms with Gasteiger partial charge in [0.25, 0.3) is 0 Å². The maximum atomic E-state index is 13.1. The van der Waals surface area contributed by atoms with E-state index in [1.54, 1.807) is 41.3 Å². The first-order chi connectivity index (χ1) is 11.7. The molecule has 24 heavy (non-hydrogen) atoms. The second kappa shape index (κ2) is 7.45. The first-order valence-corrected chi connectivity index (χ1v) is 8.05. The molecule has 4 nitrogen and oxygen atoms in total. The fourth-order valence-electron chi connectivity index (χ4n) is 3.19. The molecule has 0 aromatic heterocycles. The zero-order chi connectivity index (χ0) is 16.9. The zero-order valence-corrected chi connectivity index (χ0v) is 13.3. The maximum absolute atomic E-state index is 13.1. The van der Waals surface area contributed by atoms with Crippen molar-refractivity contribution in [3.63, 3.8) is 0 Å². The van der Waals surface area contributed by atoms with Crippen LogP contribution in [0.3, 0.4) is 0 Å². The molecule has 1 aliphatic rings. The van der Waals surface area contributed by atoms with Crippen molar-refractivity contribution in [2.24, 2.45) is 5.92 Å². The molecule has 5 heteroatoms. The number of benzene rings is 2. The van der Waals surface area contributed by atoms with Gasteiger partial charge in [-0.15, -0.1) is 0 Å². The number of likely N-dealkylation sites (tertiary alicyclic amines) is 1.